The number of nitrogens with zero attached hydrogens (tertiary/aromatic N) is 1. The summed E-state index contributed by atoms with van der Waals surface area (Å²) < 4.78 is 46.0. The highest BCUT2D eigenvalue weighted by atomic mass is 127. The van der Waals surface area contributed by atoms with Crippen molar-refractivity contribution in [2.75, 3.05) is 20.2 Å². The van der Waals surface area contributed by atoms with Crippen molar-refractivity contribution in [3.63, 3.8) is 0 Å². The van der Waals surface area contributed by atoms with Crippen molar-refractivity contribution in [2.24, 2.45) is 4.99 Å². The van der Waals surface area contributed by atoms with Crippen LogP contribution in [-0.4, -0.2) is 38.2 Å². The third kappa shape index (κ3) is 10.5. The molecule has 1 heterocycles. The molecule has 30 heavy (non-hydrogen) atoms. The molecule has 0 radical (unpaired) electrons. The molecule has 1 amide bonds. The number of hydrogen-bond acceptors (Lipinski definition) is 4. The summed E-state index contributed by atoms with van der Waals surface area (Å²) in [5.74, 6) is 0.886. The van der Waals surface area contributed by atoms with Crippen molar-refractivity contribution in [3.8, 4) is 0 Å². The Morgan fingerprint density at radius 2 is 1.77 bits per heavy atom. The van der Waals surface area contributed by atoms with E-state index in [0.717, 1.165) is 5.56 Å². The number of ether oxygens (including phenoxy) is 1. The van der Waals surface area contributed by atoms with Gasteiger partial charge in [-0.25, -0.2) is 0 Å². The maximum atomic E-state index is 12.1. The number of amides is 1. The van der Waals surface area contributed by atoms with Crippen LogP contribution in [0.1, 0.15) is 16.9 Å². The highest BCUT2D eigenvalue weighted by Gasteiger charge is 2.27. The standard InChI is InChI=1S/C19H23F3N4O3.HI/c1-23-18(26-11-17(27)24-10-16-3-2-8-29-16)25-9-14-4-6-15(7-5-14)12-28-13-19(20,21)22;/h2-8H,9-13H2,1H3,(H,24,27)(H2,23,25,26);1H. The molecule has 0 bridgehead atoms. The van der Waals surface area contributed by atoms with Crippen LogP contribution in [0.15, 0.2) is 52.1 Å². The Hall–Kier alpha value is -2.28. The topological polar surface area (TPSA) is 87.9 Å². The molecule has 0 saturated heterocycles. The number of furan rings is 1. The number of carbonyl (C=O) groups excluding carboxylic acids is 1. The second-order valence-electron chi connectivity index (χ2n) is 6.06. The maximum Gasteiger partial charge on any atom is 0.411 e. The number of rotatable bonds is 9. The summed E-state index contributed by atoms with van der Waals surface area (Å²) in [6.45, 7) is -0.608. The second kappa shape index (κ2) is 13.1. The number of alkyl halides is 3. The number of guanidine groups is 1. The van der Waals surface area contributed by atoms with Crippen LogP contribution < -0.4 is 16.0 Å². The minimum atomic E-state index is -4.33. The van der Waals surface area contributed by atoms with Crippen LogP contribution in [0.4, 0.5) is 13.2 Å². The van der Waals surface area contributed by atoms with Gasteiger partial charge in [0.05, 0.1) is 26.0 Å². The molecule has 0 saturated carbocycles. The molecule has 1 aromatic carbocycles. The van der Waals surface area contributed by atoms with E-state index in [1.807, 2.05) is 0 Å². The second-order valence-corrected chi connectivity index (χ2v) is 6.06. The number of carbonyl (C=O) groups is 1. The molecule has 7 nitrogen and oxygen atoms in total. The van der Waals surface area contributed by atoms with E-state index in [9.17, 15) is 18.0 Å². The summed E-state index contributed by atoms with van der Waals surface area (Å²) in [6, 6.07) is 10.5. The molecule has 11 heteroatoms. The van der Waals surface area contributed by atoms with Gasteiger partial charge in [0.25, 0.3) is 0 Å². The number of benzene rings is 1. The molecular formula is C19H24F3IN4O3. The summed E-state index contributed by atoms with van der Waals surface area (Å²) in [5, 5.41) is 8.66. The van der Waals surface area contributed by atoms with E-state index in [-0.39, 0.29) is 43.0 Å². The van der Waals surface area contributed by atoms with Gasteiger partial charge in [0.2, 0.25) is 5.91 Å². The molecule has 2 aromatic rings. The lowest BCUT2D eigenvalue weighted by molar-refractivity contribution is -0.176. The molecule has 3 N–H and O–H groups in total. The van der Waals surface area contributed by atoms with E-state index in [0.29, 0.717) is 30.4 Å². The van der Waals surface area contributed by atoms with Gasteiger partial charge in [0.1, 0.15) is 12.4 Å². The Morgan fingerprint density at radius 3 is 2.37 bits per heavy atom. The first-order valence-electron chi connectivity index (χ1n) is 8.81. The van der Waals surface area contributed by atoms with E-state index in [1.165, 1.54) is 6.26 Å². The molecule has 0 fully saturated rings. The number of hydrogen-bond donors (Lipinski definition) is 3. The van der Waals surface area contributed by atoms with Gasteiger partial charge in [-0.3, -0.25) is 9.79 Å². The van der Waals surface area contributed by atoms with Gasteiger partial charge in [0.15, 0.2) is 5.96 Å². The SMILES string of the molecule is CN=C(NCC(=O)NCc1ccco1)NCc1ccc(COCC(F)(F)F)cc1.I. The van der Waals surface area contributed by atoms with Gasteiger partial charge in [-0.1, -0.05) is 24.3 Å². The molecule has 0 spiro atoms. The van der Waals surface area contributed by atoms with Crippen LogP contribution in [-0.2, 0) is 29.2 Å². The zero-order valence-corrected chi connectivity index (χ0v) is 18.6. The molecule has 1 aromatic heterocycles. The van der Waals surface area contributed by atoms with E-state index in [4.69, 9.17) is 4.42 Å². The smallest absolute Gasteiger partial charge is 0.411 e. The third-order valence-electron chi connectivity index (χ3n) is 3.70. The fourth-order valence-corrected chi connectivity index (χ4v) is 2.27. The molecule has 0 unspecified atom stereocenters. The van der Waals surface area contributed by atoms with Crippen molar-refractivity contribution >= 4 is 35.8 Å². The fraction of sp³-hybridized carbons (Fsp3) is 0.368. The molecule has 0 aliphatic rings. The largest absolute Gasteiger partial charge is 0.467 e. The quantitative estimate of drug-likeness (QED) is 0.259. The van der Waals surface area contributed by atoms with Gasteiger partial charge in [-0.2, -0.15) is 13.2 Å². The van der Waals surface area contributed by atoms with E-state index >= 15 is 0 Å². The predicted molar refractivity (Wildman–Crippen MR) is 116 cm³/mol. The normalized spacial score (nSPS) is 11.5. The molecule has 0 aliphatic heterocycles. The van der Waals surface area contributed by atoms with Crippen molar-refractivity contribution in [1.82, 2.24) is 16.0 Å². The van der Waals surface area contributed by atoms with Crippen LogP contribution in [0.25, 0.3) is 0 Å². The molecule has 166 valence electrons. The van der Waals surface area contributed by atoms with Gasteiger partial charge >= 0.3 is 6.18 Å². The highest BCUT2D eigenvalue weighted by Crippen LogP contribution is 2.15. The van der Waals surface area contributed by atoms with Gasteiger partial charge in [-0.15, -0.1) is 24.0 Å². The van der Waals surface area contributed by atoms with Crippen molar-refractivity contribution in [2.45, 2.75) is 25.9 Å². The van der Waals surface area contributed by atoms with Crippen LogP contribution in [0, 0.1) is 0 Å². The highest BCUT2D eigenvalue weighted by molar-refractivity contribution is 14.0. The minimum absolute atomic E-state index is 0. The first-order chi connectivity index (χ1) is 13.9. The van der Waals surface area contributed by atoms with Crippen LogP contribution >= 0.6 is 24.0 Å². The van der Waals surface area contributed by atoms with Gasteiger partial charge < -0.3 is 25.1 Å². The van der Waals surface area contributed by atoms with Gasteiger partial charge in [-0.05, 0) is 23.3 Å². The van der Waals surface area contributed by atoms with Gasteiger partial charge in [0, 0.05) is 13.6 Å². The van der Waals surface area contributed by atoms with Crippen molar-refractivity contribution < 1.29 is 27.1 Å². The first kappa shape index (κ1) is 25.8. The van der Waals surface area contributed by atoms with E-state index < -0.39 is 12.8 Å². The lowest BCUT2D eigenvalue weighted by atomic mass is 10.1. The Kier molecular flexibility index (Phi) is 11.3. The van der Waals surface area contributed by atoms with Crippen molar-refractivity contribution in [1.29, 1.82) is 0 Å². The summed E-state index contributed by atoms with van der Waals surface area (Å²) in [7, 11) is 1.58. The number of aliphatic imine (C=N–C) groups is 1. The summed E-state index contributed by atoms with van der Waals surface area (Å²) in [6.07, 6.45) is -2.80. The Balaban J connectivity index is 0.00000450. The molecule has 0 aliphatic carbocycles. The van der Waals surface area contributed by atoms with Crippen LogP contribution in [0.2, 0.25) is 0 Å². The zero-order valence-electron chi connectivity index (χ0n) is 16.3. The zero-order chi connectivity index (χ0) is 21.1. The van der Waals surface area contributed by atoms with Crippen molar-refractivity contribution in [3.05, 3.63) is 59.5 Å². The average Bonchev–Trinajstić information content (AvgIpc) is 3.20. The lowest BCUT2D eigenvalue weighted by Gasteiger charge is -2.12. The Morgan fingerprint density at radius 1 is 1.07 bits per heavy atom. The summed E-state index contributed by atoms with van der Waals surface area (Å²) >= 11 is 0. The Labute approximate surface area is 189 Å². The number of nitrogens with one attached hydrogen (secondary N) is 3. The van der Waals surface area contributed by atoms with Crippen LogP contribution in [0.5, 0.6) is 0 Å². The van der Waals surface area contributed by atoms with E-state index in [2.05, 4.69) is 25.7 Å². The average molecular weight is 540 g/mol. The number of halogens is 4. The monoisotopic (exact) mass is 540 g/mol. The Bertz CT molecular complexity index is 781. The minimum Gasteiger partial charge on any atom is -0.467 e. The van der Waals surface area contributed by atoms with E-state index in [1.54, 1.807) is 43.4 Å². The summed E-state index contributed by atoms with van der Waals surface area (Å²) in [5.41, 5.74) is 1.54. The predicted octanol–water partition coefficient (Wildman–Crippen LogP) is 2.96. The lowest BCUT2D eigenvalue weighted by Crippen LogP contribution is -2.42. The fourth-order valence-electron chi connectivity index (χ4n) is 2.27. The molecular weight excluding hydrogens is 516 g/mol. The molecule has 0 atom stereocenters. The molecule has 2 rings (SSSR count). The summed E-state index contributed by atoms with van der Waals surface area (Å²) in [4.78, 5) is 15.9. The third-order valence-corrected chi connectivity index (χ3v) is 3.70. The maximum absolute atomic E-state index is 12.1. The van der Waals surface area contributed by atoms with Crippen LogP contribution in [0.3, 0.4) is 0 Å². The first-order valence-corrected chi connectivity index (χ1v) is 8.81.